The van der Waals surface area contributed by atoms with Gasteiger partial charge in [-0.2, -0.15) is 0 Å². The standard InChI is InChI=1S/C30H36O10S2/c1-19(31)36-16-26(37-20(2)32)27(38-21(3)33)28(39-22(4)34)29(40-23(5)35)30(41-17-24-12-8-6-9-13-24)42-18-25-14-10-7-11-15-25/h6-15,26-30H,16-18H2,1-5H3/t26-,27+,28+,29-/m1/s1. The van der Waals surface area contributed by atoms with Gasteiger partial charge < -0.3 is 23.7 Å². The molecule has 228 valence electrons. The molecule has 0 aliphatic carbocycles. The Bertz CT molecular complexity index is 1130. The van der Waals surface area contributed by atoms with Crippen LogP contribution in [0.25, 0.3) is 0 Å². The number of esters is 5. The molecule has 0 aromatic heterocycles. The third kappa shape index (κ3) is 13.0. The van der Waals surface area contributed by atoms with Crippen molar-refractivity contribution in [3.05, 3.63) is 71.8 Å². The van der Waals surface area contributed by atoms with Crippen molar-refractivity contribution in [3.8, 4) is 0 Å². The molecule has 0 N–H and O–H groups in total. The van der Waals surface area contributed by atoms with E-state index < -0.39 is 65.5 Å². The molecule has 2 aromatic rings. The SMILES string of the molecule is CC(=O)OC[C@@H](OC(C)=O)[C@H](OC(C)=O)[C@H](OC(C)=O)[C@@H](OC(C)=O)C(SCc1ccccc1)SCc1ccccc1. The van der Waals surface area contributed by atoms with Gasteiger partial charge in [0.15, 0.2) is 24.4 Å². The molecular formula is C30H36O10S2. The Morgan fingerprint density at radius 1 is 0.548 bits per heavy atom. The summed E-state index contributed by atoms with van der Waals surface area (Å²) in [4.78, 5) is 60.8. The van der Waals surface area contributed by atoms with E-state index in [-0.39, 0.29) is 0 Å². The first-order valence-electron chi connectivity index (χ1n) is 13.1. The van der Waals surface area contributed by atoms with E-state index in [1.54, 1.807) is 0 Å². The van der Waals surface area contributed by atoms with Crippen molar-refractivity contribution in [2.75, 3.05) is 6.61 Å². The van der Waals surface area contributed by atoms with E-state index in [0.717, 1.165) is 38.8 Å². The van der Waals surface area contributed by atoms with Crippen LogP contribution in [0.4, 0.5) is 0 Å². The van der Waals surface area contributed by atoms with Crippen LogP contribution in [0.15, 0.2) is 60.7 Å². The molecule has 0 radical (unpaired) electrons. The van der Waals surface area contributed by atoms with Crippen LogP contribution in [0.1, 0.15) is 45.7 Å². The minimum atomic E-state index is -1.49. The average Bonchev–Trinajstić information content (AvgIpc) is 2.92. The van der Waals surface area contributed by atoms with Crippen LogP contribution >= 0.6 is 23.5 Å². The molecule has 2 rings (SSSR count). The van der Waals surface area contributed by atoms with E-state index in [9.17, 15) is 24.0 Å². The molecule has 2 aromatic carbocycles. The lowest BCUT2D eigenvalue weighted by Crippen LogP contribution is -2.55. The molecule has 0 amide bonds. The topological polar surface area (TPSA) is 132 Å². The zero-order valence-corrected chi connectivity index (χ0v) is 25.8. The van der Waals surface area contributed by atoms with Gasteiger partial charge in [0.2, 0.25) is 0 Å². The van der Waals surface area contributed by atoms with Gasteiger partial charge in [0.05, 0.1) is 4.58 Å². The van der Waals surface area contributed by atoms with E-state index in [2.05, 4.69) is 0 Å². The smallest absolute Gasteiger partial charge is 0.303 e. The molecule has 0 bridgehead atoms. The summed E-state index contributed by atoms with van der Waals surface area (Å²) in [5.41, 5.74) is 2.00. The normalized spacial score (nSPS) is 13.7. The number of thioether (sulfide) groups is 2. The monoisotopic (exact) mass is 620 g/mol. The first-order chi connectivity index (χ1) is 20.0. The summed E-state index contributed by atoms with van der Waals surface area (Å²) in [6.45, 7) is 5.27. The summed E-state index contributed by atoms with van der Waals surface area (Å²) in [6, 6.07) is 19.2. The summed E-state index contributed by atoms with van der Waals surface area (Å²) in [7, 11) is 0. The zero-order chi connectivity index (χ0) is 31.1. The fourth-order valence-corrected chi connectivity index (χ4v) is 6.57. The summed E-state index contributed by atoms with van der Waals surface area (Å²) in [5.74, 6) is -2.64. The lowest BCUT2D eigenvalue weighted by molar-refractivity contribution is -0.201. The quantitative estimate of drug-likeness (QED) is 0.149. The Balaban J connectivity index is 2.60. The van der Waals surface area contributed by atoms with Gasteiger partial charge in [0.1, 0.15) is 6.61 Å². The molecule has 12 heteroatoms. The third-order valence-electron chi connectivity index (χ3n) is 5.47. The summed E-state index contributed by atoms with van der Waals surface area (Å²) >= 11 is 2.88. The maximum absolute atomic E-state index is 12.5. The second kappa shape index (κ2) is 18.1. The predicted octanol–water partition coefficient (Wildman–Crippen LogP) is 4.47. The maximum atomic E-state index is 12.5. The van der Waals surface area contributed by atoms with Gasteiger partial charge in [-0.3, -0.25) is 24.0 Å². The average molecular weight is 621 g/mol. The minimum Gasteiger partial charge on any atom is -0.462 e. The Kier molecular flexibility index (Phi) is 15.0. The maximum Gasteiger partial charge on any atom is 0.303 e. The second-order valence-corrected chi connectivity index (χ2v) is 11.7. The zero-order valence-electron chi connectivity index (χ0n) is 24.2. The van der Waals surface area contributed by atoms with E-state index in [1.165, 1.54) is 30.4 Å². The van der Waals surface area contributed by atoms with Gasteiger partial charge in [0.25, 0.3) is 0 Å². The van der Waals surface area contributed by atoms with Crippen LogP contribution in [0, 0.1) is 0 Å². The Morgan fingerprint density at radius 3 is 1.36 bits per heavy atom. The van der Waals surface area contributed by atoms with Crippen molar-refractivity contribution in [2.45, 2.75) is 75.1 Å². The molecule has 4 atom stereocenters. The first-order valence-corrected chi connectivity index (χ1v) is 15.2. The number of rotatable bonds is 16. The fraction of sp³-hybridized carbons (Fsp3) is 0.433. The molecule has 0 aliphatic heterocycles. The van der Waals surface area contributed by atoms with Gasteiger partial charge >= 0.3 is 29.8 Å². The highest BCUT2D eigenvalue weighted by molar-refractivity contribution is 8.16. The van der Waals surface area contributed by atoms with Crippen LogP contribution in [0.5, 0.6) is 0 Å². The molecule has 0 spiro atoms. The number of hydrogen-bond acceptors (Lipinski definition) is 12. The number of benzene rings is 2. The summed E-state index contributed by atoms with van der Waals surface area (Å²) < 4.78 is 26.9. The van der Waals surface area contributed by atoms with Crippen molar-refractivity contribution >= 4 is 53.4 Å². The number of carbonyl (C=O) groups is 5. The van der Waals surface area contributed by atoms with Gasteiger partial charge in [-0.25, -0.2) is 0 Å². The molecule has 0 fully saturated rings. The van der Waals surface area contributed by atoms with Crippen LogP contribution in [-0.4, -0.2) is 65.5 Å². The van der Waals surface area contributed by atoms with Gasteiger partial charge in [-0.1, -0.05) is 60.7 Å². The van der Waals surface area contributed by atoms with Crippen LogP contribution in [-0.2, 0) is 59.2 Å². The molecular weight excluding hydrogens is 584 g/mol. The molecule has 0 unspecified atom stereocenters. The van der Waals surface area contributed by atoms with Crippen molar-refractivity contribution < 1.29 is 47.7 Å². The van der Waals surface area contributed by atoms with E-state index in [0.29, 0.717) is 11.5 Å². The molecule has 10 nitrogen and oxygen atoms in total. The van der Waals surface area contributed by atoms with Gasteiger partial charge in [0, 0.05) is 46.1 Å². The number of ether oxygens (including phenoxy) is 5. The fourth-order valence-electron chi connectivity index (χ4n) is 3.88. The lowest BCUT2D eigenvalue weighted by atomic mass is 10.0. The van der Waals surface area contributed by atoms with Crippen molar-refractivity contribution in [1.29, 1.82) is 0 Å². The van der Waals surface area contributed by atoms with Gasteiger partial charge in [-0.05, 0) is 11.1 Å². The van der Waals surface area contributed by atoms with E-state index in [1.807, 2.05) is 60.7 Å². The third-order valence-corrected chi connectivity index (χ3v) is 8.48. The Hall–Kier alpha value is -3.51. The van der Waals surface area contributed by atoms with E-state index >= 15 is 0 Å². The Labute approximate surface area is 254 Å². The first kappa shape index (κ1) is 34.7. The highest BCUT2D eigenvalue weighted by Crippen LogP contribution is 2.37. The minimum absolute atomic E-state index is 0.504. The molecule has 0 aliphatic rings. The van der Waals surface area contributed by atoms with Crippen LogP contribution < -0.4 is 0 Å². The largest absolute Gasteiger partial charge is 0.462 e. The van der Waals surface area contributed by atoms with Gasteiger partial charge in [-0.15, -0.1) is 23.5 Å². The number of hydrogen-bond donors (Lipinski definition) is 0. The van der Waals surface area contributed by atoms with Crippen molar-refractivity contribution in [3.63, 3.8) is 0 Å². The second-order valence-electron chi connectivity index (χ2n) is 9.13. The Morgan fingerprint density at radius 2 is 0.952 bits per heavy atom. The van der Waals surface area contributed by atoms with Crippen molar-refractivity contribution in [2.24, 2.45) is 0 Å². The summed E-state index contributed by atoms with van der Waals surface area (Å²) in [6.07, 6.45) is -5.49. The molecule has 0 heterocycles. The number of carbonyl (C=O) groups excluding carboxylic acids is 5. The van der Waals surface area contributed by atoms with E-state index in [4.69, 9.17) is 23.7 Å². The highest BCUT2D eigenvalue weighted by atomic mass is 32.2. The van der Waals surface area contributed by atoms with Crippen LogP contribution in [0.2, 0.25) is 0 Å². The lowest BCUT2D eigenvalue weighted by Gasteiger charge is -2.38. The molecule has 0 saturated heterocycles. The van der Waals surface area contributed by atoms with Crippen LogP contribution in [0.3, 0.4) is 0 Å². The highest BCUT2D eigenvalue weighted by Gasteiger charge is 2.47. The molecule has 42 heavy (non-hydrogen) atoms. The van der Waals surface area contributed by atoms with Crippen molar-refractivity contribution in [1.82, 2.24) is 0 Å². The predicted molar refractivity (Wildman–Crippen MR) is 158 cm³/mol. The molecule has 0 saturated carbocycles. The summed E-state index contributed by atoms with van der Waals surface area (Å²) in [5, 5.41) is 0.